The number of furan rings is 1. The number of rotatable bonds is 4. The Bertz CT molecular complexity index is 765. The number of hydrogen-bond acceptors (Lipinski definition) is 4. The Balaban J connectivity index is 1.82. The monoisotopic (exact) mass is 341 g/mol. The molecule has 2 N–H and O–H groups in total. The van der Waals surface area contributed by atoms with Crippen LogP contribution in [-0.4, -0.2) is 41.2 Å². The molecule has 7 heteroatoms. The number of hydrazone groups is 1. The zero-order chi connectivity index (χ0) is 17.1. The molecule has 0 aliphatic carbocycles. The first-order valence-corrected chi connectivity index (χ1v) is 7.96. The van der Waals surface area contributed by atoms with Crippen LogP contribution in [-0.2, 0) is 0 Å². The predicted molar refractivity (Wildman–Crippen MR) is 99.5 cm³/mol. The van der Waals surface area contributed by atoms with E-state index in [9.17, 15) is 0 Å². The van der Waals surface area contributed by atoms with Gasteiger partial charge in [-0.05, 0) is 42.0 Å². The summed E-state index contributed by atoms with van der Waals surface area (Å²) in [6.45, 7) is 0. The average molecular weight is 341 g/mol. The van der Waals surface area contributed by atoms with Gasteiger partial charge in [0.05, 0.1) is 24.0 Å². The van der Waals surface area contributed by atoms with Crippen molar-refractivity contribution in [3.05, 3.63) is 54.0 Å². The Labute approximate surface area is 146 Å². The van der Waals surface area contributed by atoms with Gasteiger partial charge in [0, 0.05) is 20.5 Å². The van der Waals surface area contributed by atoms with Gasteiger partial charge < -0.3 is 15.1 Å². The lowest BCUT2D eigenvalue weighted by molar-refractivity contribution is 0.316. The summed E-state index contributed by atoms with van der Waals surface area (Å²) in [5.74, 6) is 0.800. The summed E-state index contributed by atoms with van der Waals surface area (Å²) >= 11 is 5.12. The molecule has 1 atom stereocenters. The second kappa shape index (κ2) is 6.84. The minimum atomic E-state index is -0.0982. The van der Waals surface area contributed by atoms with Crippen LogP contribution in [0.15, 0.2) is 57.2 Å². The molecule has 0 bridgehead atoms. The number of nitrogens with two attached hydrogens (primary N) is 1. The Morgan fingerprint density at radius 1 is 1.38 bits per heavy atom. The van der Waals surface area contributed by atoms with Gasteiger partial charge in [0.1, 0.15) is 11.8 Å². The summed E-state index contributed by atoms with van der Waals surface area (Å²) in [6, 6.07) is 11.6. The van der Waals surface area contributed by atoms with Crippen molar-refractivity contribution in [3.63, 3.8) is 0 Å². The molecule has 1 unspecified atom stereocenters. The Morgan fingerprint density at radius 3 is 2.71 bits per heavy atom. The average Bonchev–Trinajstić information content (AvgIpc) is 3.22. The van der Waals surface area contributed by atoms with E-state index in [0.717, 1.165) is 22.7 Å². The second-order valence-electron chi connectivity index (χ2n) is 5.72. The molecule has 1 aromatic heterocycles. The summed E-state index contributed by atoms with van der Waals surface area (Å²) in [5, 5.41) is 6.45. The first-order valence-electron chi connectivity index (χ1n) is 7.55. The first kappa shape index (κ1) is 16.2. The number of aliphatic imine (C=N–C) groups is 1. The van der Waals surface area contributed by atoms with E-state index in [1.54, 1.807) is 17.6 Å². The molecule has 0 fully saturated rings. The summed E-state index contributed by atoms with van der Waals surface area (Å²) in [6.07, 6.45) is 4.09. The smallest absolute Gasteiger partial charge is 0.187 e. The second-order valence-corrected chi connectivity index (χ2v) is 6.14. The molecule has 24 heavy (non-hydrogen) atoms. The number of thiocarbonyl (C=S) groups is 1. The summed E-state index contributed by atoms with van der Waals surface area (Å²) < 4.78 is 5.50. The van der Waals surface area contributed by atoms with Crippen molar-refractivity contribution in [2.45, 2.75) is 12.5 Å². The first-order chi connectivity index (χ1) is 11.5. The molecule has 3 rings (SSSR count). The van der Waals surface area contributed by atoms with E-state index in [2.05, 4.69) is 10.1 Å². The van der Waals surface area contributed by atoms with Crippen LogP contribution in [0.5, 0.6) is 0 Å². The Kier molecular flexibility index (Phi) is 4.61. The third-order valence-electron chi connectivity index (χ3n) is 3.65. The molecule has 1 aliphatic rings. The molecular formula is C17H19N5OS. The SMILES string of the molecule is CN(C)C=Nc1ccc(C2=NN(C(N)=S)C(c3ccco3)C2)cc1. The molecule has 0 amide bonds. The van der Waals surface area contributed by atoms with E-state index in [-0.39, 0.29) is 11.2 Å². The van der Waals surface area contributed by atoms with Gasteiger partial charge in [-0.25, -0.2) is 10.0 Å². The van der Waals surface area contributed by atoms with Gasteiger partial charge in [-0.2, -0.15) is 5.10 Å². The van der Waals surface area contributed by atoms with Crippen molar-refractivity contribution in [1.82, 2.24) is 9.91 Å². The maximum Gasteiger partial charge on any atom is 0.187 e. The lowest BCUT2D eigenvalue weighted by Gasteiger charge is -2.19. The third-order valence-corrected chi connectivity index (χ3v) is 3.83. The zero-order valence-corrected chi connectivity index (χ0v) is 14.4. The minimum Gasteiger partial charge on any atom is -0.467 e. The highest BCUT2D eigenvalue weighted by Crippen LogP contribution is 2.33. The fourth-order valence-electron chi connectivity index (χ4n) is 2.51. The van der Waals surface area contributed by atoms with E-state index in [1.165, 1.54) is 0 Å². The van der Waals surface area contributed by atoms with Gasteiger partial charge in [0.25, 0.3) is 0 Å². The standard InChI is InChI=1S/C17H19N5OS/c1-21(2)11-19-13-7-5-12(6-8-13)14-10-15(16-4-3-9-23-16)22(20-14)17(18)24/h3-9,11,15H,10H2,1-2H3,(H2,18,24). The van der Waals surface area contributed by atoms with Crippen molar-refractivity contribution in [2.24, 2.45) is 15.8 Å². The molecule has 0 saturated heterocycles. The quantitative estimate of drug-likeness (QED) is 0.526. The van der Waals surface area contributed by atoms with Crippen molar-refractivity contribution in [3.8, 4) is 0 Å². The van der Waals surface area contributed by atoms with Crippen LogP contribution in [0.1, 0.15) is 23.8 Å². The van der Waals surface area contributed by atoms with Crippen molar-refractivity contribution < 1.29 is 4.42 Å². The molecule has 1 aromatic carbocycles. The number of benzene rings is 1. The number of hydrogen-bond donors (Lipinski definition) is 1. The Morgan fingerprint density at radius 2 is 2.12 bits per heavy atom. The zero-order valence-electron chi connectivity index (χ0n) is 13.6. The minimum absolute atomic E-state index is 0.0982. The van der Waals surface area contributed by atoms with Crippen LogP contribution >= 0.6 is 12.2 Å². The normalized spacial score (nSPS) is 17.3. The summed E-state index contributed by atoms with van der Waals surface area (Å²) in [4.78, 5) is 6.26. The highest BCUT2D eigenvalue weighted by molar-refractivity contribution is 7.80. The predicted octanol–water partition coefficient (Wildman–Crippen LogP) is 2.90. The van der Waals surface area contributed by atoms with Crippen LogP contribution in [0.3, 0.4) is 0 Å². The van der Waals surface area contributed by atoms with E-state index < -0.39 is 0 Å². The van der Waals surface area contributed by atoms with Crippen LogP contribution in [0.4, 0.5) is 5.69 Å². The third kappa shape index (κ3) is 3.46. The molecule has 0 spiro atoms. The van der Waals surface area contributed by atoms with E-state index >= 15 is 0 Å². The molecule has 2 aromatic rings. The van der Waals surface area contributed by atoms with Crippen LogP contribution < -0.4 is 5.73 Å². The molecule has 0 saturated carbocycles. The van der Waals surface area contributed by atoms with E-state index in [1.807, 2.05) is 55.4 Å². The fraction of sp³-hybridized carbons (Fsp3) is 0.235. The van der Waals surface area contributed by atoms with Crippen molar-refractivity contribution in [2.75, 3.05) is 14.1 Å². The van der Waals surface area contributed by atoms with Crippen molar-refractivity contribution >= 4 is 35.1 Å². The van der Waals surface area contributed by atoms with E-state index in [0.29, 0.717) is 6.42 Å². The summed E-state index contributed by atoms with van der Waals surface area (Å²) in [5.41, 5.74) is 8.65. The molecule has 0 radical (unpaired) electrons. The molecular weight excluding hydrogens is 322 g/mol. The largest absolute Gasteiger partial charge is 0.467 e. The van der Waals surface area contributed by atoms with Crippen LogP contribution in [0, 0.1) is 0 Å². The molecule has 1 aliphatic heterocycles. The van der Waals surface area contributed by atoms with Gasteiger partial charge in [0.15, 0.2) is 5.11 Å². The molecule has 124 valence electrons. The van der Waals surface area contributed by atoms with E-state index in [4.69, 9.17) is 22.4 Å². The van der Waals surface area contributed by atoms with Gasteiger partial charge in [-0.1, -0.05) is 12.1 Å². The lowest BCUT2D eigenvalue weighted by Crippen LogP contribution is -2.31. The molecule has 6 nitrogen and oxygen atoms in total. The molecule has 2 heterocycles. The summed E-state index contributed by atoms with van der Waals surface area (Å²) in [7, 11) is 3.87. The van der Waals surface area contributed by atoms with Gasteiger partial charge in [0.2, 0.25) is 0 Å². The highest BCUT2D eigenvalue weighted by atomic mass is 32.1. The van der Waals surface area contributed by atoms with Gasteiger partial charge >= 0.3 is 0 Å². The lowest BCUT2D eigenvalue weighted by atomic mass is 10.0. The van der Waals surface area contributed by atoms with Gasteiger partial charge in [-0.15, -0.1) is 0 Å². The van der Waals surface area contributed by atoms with Gasteiger partial charge in [-0.3, -0.25) is 0 Å². The van der Waals surface area contributed by atoms with Crippen LogP contribution in [0.2, 0.25) is 0 Å². The van der Waals surface area contributed by atoms with Crippen LogP contribution in [0.25, 0.3) is 0 Å². The highest BCUT2D eigenvalue weighted by Gasteiger charge is 2.32. The maximum atomic E-state index is 5.81. The Hall–Kier alpha value is -2.67. The maximum absolute atomic E-state index is 5.81. The fourth-order valence-corrected chi connectivity index (χ4v) is 2.68. The van der Waals surface area contributed by atoms with Crippen molar-refractivity contribution in [1.29, 1.82) is 0 Å². The number of nitrogens with zero attached hydrogens (tertiary/aromatic N) is 4. The topological polar surface area (TPSA) is 70.4 Å².